The van der Waals surface area contributed by atoms with Gasteiger partial charge in [0.25, 0.3) is 5.56 Å². The summed E-state index contributed by atoms with van der Waals surface area (Å²) in [6.07, 6.45) is -4.61. The molecule has 1 aliphatic rings. The maximum absolute atomic E-state index is 14.8. The smallest absolute Gasteiger partial charge is 0.384 e. The van der Waals surface area contributed by atoms with Crippen LogP contribution in [-0.2, 0) is 19.8 Å². The minimum absolute atomic E-state index is 0.259. The fourth-order valence-electron chi connectivity index (χ4n) is 2.05. The van der Waals surface area contributed by atoms with E-state index in [4.69, 9.17) is 9.79 Å². The fraction of sp³-hybridized carbons (Fsp3) is 0.600. The number of aliphatic hydroxyl groups is 1. The molecule has 4 N–H and O–H groups in total. The molecule has 0 aliphatic carbocycles. The first-order valence-electron chi connectivity index (χ1n) is 6.25. The molecule has 0 aromatic carbocycles. The van der Waals surface area contributed by atoms with Crippen molar-refractivity contribution in [3.8, 4) is 0 Å². The molecule has 10 nitrogen and oxygen atoms in total. The Morgan fingerprint density at radius 1 is 1.42 bits per heavy atom. The van der Waals surface area contributed by atoms with Crippen LogP contribution in [0, 0.1) is 6.92 Å². The molecule has 0 spiro atoms. The molecule has 1 fully saturated rings. The van der Waals surface area contributed by atoms with Gasteiger partial charge in [-0.25, -0.2) is 13.9 Å². The summed E-state index contributed by atoms with van der Waals surface area (Å²) < 4.78 is 61.6. The van der Waals surface area contributed by atoms with Gasteiger partial charge < -0.3 is 19.6 Å². The number of halogens is 3. The van der Waals surface area contributed by atoms with Gasteiger partial charge in [-0.1, -0.05) is 0 Å². The van der Waals surface area contributed by atoms with Crippen LogP contribution < -0.4 is 11.2 Å². The summed E-state index contributed by atoms with van der Waals surface area (Å²) in [5.74, 6) is -8.90. The average Bonchev–Trinajstić information content (AvgIpc) is 2.61. The van der Waals surface area contributed by atoms with Gasteiger partial charge in [-0.05, 0) is 6.92 Å². The van der Waals surface area contributed by atoms with Crippen LogP contribution in [0.4, 0.5) is 13.2 Å². The Labute approximate surface area is 130 Å². The molecular formula is C10H12F3N2O8P. The van der Waals surface area contributed by atoms with Gasteiger partial charge in [0, 0.05) is 11.8 Å². The lowest BCUT2D eigenvalue weighted by atomic mass is 10.1. The Balaban J connectivity index is 2.45. The first-order chi connectivity index (χ1) is 10.8. The van der Waals surface area contributed by atoms with Gasteiger partial charge in [-0.2, -0.15) is 13.2 Å². The number of phosphoric ester groups is 1. The van der Waals surface area contributed by atoms with Crippen LogP contribution in [0.1, 0.15) is 5.56 Å². The summed E-state index contributed by atoms with van der Waals surface area (Å²) in [5, 5.41) is 9.49. The summed E-state index contributed by atoms with van der Waals surface area (Å²) >= 11 is 0. The van der Waals surface area contributed by atoms with E-state index in [1.165, 1.54) is 0 Å². The van der Waals surface area contributed by atoms with Crippen LogP contribution in [0.15, 0.2) is 15.8 Å². The summed E-state index contributed by atoms with van der Waals surface area (Å²) in [6.45, 7) is -0.167. The monoisotopic (exact) mass is 376 g/mol. The minimum Gasteiger partial charge on any atom is -0.384 e. The Bertz CT molecular complexity index is 804. The highest BCUT2D eigenvalue weighted by atomic mass is 31.2. The molecular weight excluding hydrogens is 364 g/mol. The van der Waals surface area contributed by atoms with Crippen molar-refractivity contribution in [1.29, 1.82) is 0 Å². The SMILES string of the molecule is Cc1cn([C@]2(F)O[C@H](COP(=O)(O)O)[C@@H](O)C2(F)F)c(=O)[nH]c1=O. The second-order valence-corrected chi connectivity index (χ2v) is 6.25. The highest BCUT2D eigenvalue weighted by Gasteiger charge is 2.72. The number of aromatic nitrogens is 2. The van der Waals surface area contributed by atoms with Gasteiger partial charge in [0.15, 0.2) is 6.10 Å². The molecule has 0 unspecified atom stereocenters. The van der Waals surface area contributed by atoms with E-state index < -0.39 is 49.8 Å². The molecule has 24 heavy (non-hydrogen) atoms. The van der Waals surface area contributed by atoms with Crippen molar-refractivity contribution in [3.63, 3.8) is 0 Å². The van der Waals surface area contributed by atoms with E-state index in [-0.39, 0.29) is 10.1 Å². The first kappa shape index (κ1) is 18.8. The molecule has 14 heteroatoms. The molecule has 1 aliphatic heterocycles. The van der Waals surface area contributed by atoms with Gasteiger partial charge in [0.1, 0.15) is 6.10 Å². The molecule has 2 heterocycles. The first-order valence-corrected chi connectivity index (χ1v) is 7.78. The van der Waals surface area contributed by atoms with E-state index in [0.717, 1.165) is 6.92 Å². The number of nitrogens with zero attached hydrogens (tertiary/aromatic N) is 1. The van der Waals surface area contributed by atoms with Crippen LogP contribution in [0.3, 0.4) is 0 Å². The third-order valence-electron chi connectivity index (χ3n) is 3.28. The molecule has 1 saturated heterocycles. The van der Waals surface area contributed by atoms with Crippen LogP contribution in [-0.4, -0.2) is 49.2 Å². The number of hydrogen-bond acceptors (Lipinski definition) is 6. The number of H-pyrrole nitrogens is 1. The van der Waals surface area contributed by atoms with Crippen molar-refractivity contribution in [3.05, 3.63) is 32.6 Å². The van der Waals surface area contributed by atoms with Crippen molar-refractivity contribution < 1.29 is 41.9 Å². The second-order valence-electron chi connectivity index (χ2n) is 5.01. The van der Waals surface area contributed by atoms with E-state index >= 15 is 0 Å². The fourth-order valence-corrected chi connectivity index (χ4v) is 2.39. The van der Waals surface area contributed by atoms with Crippen LogP contribution in [0.2, 0.25) is 0 Å². The van der Waals surface area contributed by atoms with Crippen molar-refractivity contribution in [1.82, 2.24) is 9.55 Å². The van der Waals surface area contributed by atoms with E-state index in [2.05, 4.69) is 9.26 Å². The number of nitrogens with one attached hydrogen (secondary N) is 1. The zero-order valence-corrected chi connectivity index (χ0v) is 12.7. The molecule has 1 aromatic rings. The summed E-state index contributed by atoms with van der Waals surface area (Å²) in [6, 6.07) is 0. The van der Waals surface area contributed by atoms with E-state index in [1.54, 1.807) is 4.98 Å². The predicted octanol–water partition coefficient (Wildman–Crippen LogP) is -1.07. The average molecular weight is 376 g/mol. The number of alkyl halides is 3. The Kier molecular flexibility index (Phi) is 4.54. The molecule has 0 bridgehead atoms. The largest absolute Gasteiger partial charge is 0.469 e. The highest BCUT2D eigenvalue weighted by molar-refractivity contribution is 7.46. The Morgan fingerprint density at radius 2 is 2.00 bits per heavy atom. The molecule has 0 radical (unpaired) electrons. The molecule has 0 amide bonds. The number of hydrogen-bond donors (Lipinski definition) is 4. The topological polar surface area (TPSA) is 151 Å². The number of aryl methyl sites for hydroxylation is 1. The van der Waals surface area contributed by atoms with Gasteiger partial charge in [0.05, 0.1) is 6.61 Å². The predicted molar refractivity (Wildman–Crippen MR) is 69.0 cm³/mol. The quantitative estimate of drug-likeness (QED) is 0.485. The molecule has 3 atom stereocenters. The summed E-state index contributed by atoms with van der Waals surface area (Å²) in [7, 11) is -5.10. The third-order valence-corrected chi connectivity index (χ3v) is 3.76. The van der Waals surface area contributed by atoms with Crippen molar-refractivity contribution in [2.24, 2.45) is 0 Å². The zero-order chi connectivity index (χ0) is 18.5. The van der Waals surface area contributed by atoms with Gasteiger partial charge >= 0.3 is 25.4 Å². The van der Waals surface area contributed by atoms with E-state index in [0.29, 0.717) is 6.20 Å². The number of aromatic amines is 1. The lowest BCUT2D eigenvalue weighted by Crippen LogP contribution is -2.53. The van der Waals surface area contributed by atoms with Crippen LogP contribution in [0.25, 0.3) is 0 Å². The van der Waals surface area contributed by atoms with Gasteiger partial charge in [-0.3, -0.25) is 14.3 Å². The molecule has 0 saturated carbocycles. The van der Waals surface area contributed by atoms with Gasteiger partial charge in [-0.15, -0.1) is 0 Å². The molecule has 2 rings (SSSR count). The number of ether oxygens (including phenoxy) is 1. The second kappa shape index (κ2) is 5.79. The summed E-state index contributed by atoms with van der Waals surface area (Å²) in [4.78, 5) is 41.5. The maximum Gasteiger partial charge on any atom is 0.469 e. The lowest BCUT2D eigenvalue weighted by Gasteiger charge is -2.27. The Hall–Kier alpha value is -1.50. The van der Waals surface area contributed by atoms with E-state index in [1.807, 2.05) is 0 Å². The summed E-state index contributed by atoms with van der Waals surface area (Å²) in [5.41, 5.74) is -2.81. The van der Waals surface area contributed by atoms with E-state index in [9.17, 15) is 32.4 Å². The minimum atomic E-state index is -5.10. The van der Waals surface area contributed by atoms with Crippen LogP contribution in [0.5, 0.6) is 0 Å². The number of aliphatic hydroxyl groups excluding tert-OH is 1. The standard InChI is InChI=1S/C10H12F3N2O8P/c1-4-2-15(8(18)14-7(4)17)10(13)9(11,12)6(16)5(23-10)3-22-24(19,20)21/h2,5-6,16H,3H2,1H3,(H,14,17,18)(H2,19,20,21)/t5-,6-,10+/m1/s1. The van der Waals surface area contributed by atoms with Crippen LogP contribution >= 0.6 is 7.82 Å². The zero-order valence-electron chi connectivity index (χ0n) is 11.9. The van der Waals surface area contributed by atoms with Gasteiger partial charge in [0.2, 0.25) is 0 Å². The molecule has 1 aromatic heterocycles. The maximum atomic E-state index is 14.8. The molecule has 136 valence electrons. The van der Waals surface area contributed by atoms with Crippen molar-refractivity contribution in [2.45, 2.75) is 31.0 Å². The van der Waals surface area contributed by atoms with Crippen molar-refractivity contribution >= 4 is 7.82 Å². The Morgan fingerprint density at radius 3 is 2.54 bits per heavy atom. The normalized spacial score (nSPS) is 29.8. The third kappa shape index (κ3) is 3.06. The number of phosphoric acid groups is 1. The highest BCUT2D eigenvalue weighted by Crippen LogP contribution is 2.49. The number of rotatable bonds is 4. The van der Waals surface area contributed by atoms with Crippen molar-refractivity contribution in [2.75, 3.05) is 6.61 Å². The lowest BCUT2D eigenvalue weighted by molar-refractivity contribution is -0.297.